The lowest BCUT2D eigenvalue weighted by atomic mass is 9.75. The molecule has 1 N–H and O–H groups in total. The molecule has 4 nitrogen and oxygen atoms in total. The van der Waals surface area contributed by atoms with Gasteiger partial charge >= 0.3 is 5.97 Å². The zero-order valence-corrected chi connectivity index (χ0v) is 9.24. The molecule has 0 spiro atoms. The van der Waals surface area contributed by atoms with Crippen molar-refractivity contribution in [1.82, 2.24) is 4.90 Å². The minimum Gasteiger partial charge on any atom is -0.481 e. The summed E-state index contributed by atoms with van der Waals surface area (Å²) in [4.78, 5) is 13.5. The average molecular weight is 213 g/mol. The Bertz CT molecular complexity index is 242. The fourth-order valence-corrected chi connectivity index (χ4v) is 2.50. The van der Waals surface area contributed by atoms with Crippen molar-refractivity contribution in [2.75, 3.05) is 33.4 Å². The second kappa shape index (κ2) is 4.10. The van der Waals surface area contributed by atoms with Crippen LogP contribution >= 0.6 is 0 Å². The van der Waals surface area contributed by atoms with E-state index >= 15 is 0 Å². The van der Waals surface area contributed by atoms with Crippen molar-refractivity contribution in [2.24, 2.45) is 11.3 Å². The summed E-state index contributed by atoms with van der Waals surface area (Å²) in [5.74, 6) is -0.103. The molecule has 2 aliphatic rings. The first-order valence-electron chi connectivity index (χ1n) is 5.62. The van der Waals surface area contributed by atoms with E-state index in [0.29, 0.717) is 19.1 Å². The van der Waals surface area contributed by atoms with Gasteiger partial charge in [-0.15, -0.1) is 0 Å². The van der Waals surface area contributed by atoms with Gasteiger partial charge in [0.25, 0.3) is 0 Å². The zero-order valence-electron chi connectivity index (χ0n) is 9.24. The highest BCUT2D eigenvalue weighted by Crippen LogP contribution is 2.38. The Morgan fingerprint density at radius 3 is 2.47 bits per heavy atom. The second-order valence-electron chi connectivity index (χ2n) is 5.03. The molecule has 15 heavy (non-hydrogen) atoms. The van der Waals surface area contributed by atoms with Crippen LogP contribution < -0.4 is 0 Å². The van der Waals surface area contributed by atoms with E-state index in [9.17, 15) is 9.90 Å². The Morgan fingerprint density at radius 2 is 2.07 bits per heavy atom. The first-order valence-corrected chi connectivity index (χ1v) is 5.62. The summed E-state index contributed by atoms with van der Waals surface area (Å²) in [6, 6.07) is 0. The van der Waals surface area contributed by atoms with Crippen molar-refractivity contribution in [3.05, 3.63) is 0 Å². The Morgan fingerprint density at radius 1 is 1.47 bits per heavy atom. The number of carboxylic acid groups (broad SMARTS) is 1. The highest BCUT2D eigenvalue weighted by molar-refractivity contribution is 5.75. The summed E-state index contributed by atoms with van der Waals surface area (Å²) in [5, 5.41) is 9.18. The fourth-order valence-electron chi connectivity index (χ4n) is 2.50. The molecule has 0 atom stereocenters. The maximum Gasteiger partial charge on any atom is 0.314 e. The maximum atomic E-state index is 11.2. The Kier molecular flexibility index (Phi) is 2.98. The maximum absolute atomic E-state index is 11.2. The van der Waals surface area contributed by atoms with E-state index in [1.54, 1.807) is 0 Å². The van der Waals surface area contributed by atoms with Crippen LogP contribution in [0, 0.1) is 11.3 Å². The number of hydrogen-bond donors (Lipinski definition) is 1. The van der Waals surface area contributed by atoms with Gasteiger partial charge in [-0.25, -0.2) is 0 Å². The van der Waals surface area contributed by atoms with Crippen molar-refractivity contribution in [2.45, 2.75) is 19.3 Å². The number of piperidine rings is 1. The quantitative estimate of drug-likeness (QED) is 0.754. The number of rotatable bonds is 3. The largest absolute Gasteiger partial charge is 0.481 e. The third-order valence-corrected chi connectivity index (χ3v) is 3.73. The van der Waals surface area contributed by atoms with E-state index in [4.69, 9.17) is 4.74 Å². The number of nitrogens with zero attached hydrogens (tertiary/aromatic N) is 1. The van der Waals surface area contributed by atoms with Gasteiger partial charge in [0.05, 0.1) is 13.2 Å². The van der Waals surface area contributed by atoms with Crippen molar-refractivity contribution >= 4 is 5.97 Å². The molecule has 0 aromatic carbocycles. The van der Waals surface area contributed by atoms with Crippen LogP contribution in [0.4, 0.5) is 0 Å². The average Bonchev–Trinajstić information content (AvgIpc) is 2.13. The lowest BCUT2D eigenvalue weighted by molar-refractivity contribution is -0.184. The molecule has 2 fully saturated rings. The molecule has 2 heterocycles. The van der Waals surface area contributed by atoms with Crippen LogP contribution in [0.25, 0.3) is 0 Å². The molecule has 0 radical (unpaired) electrons. The van der Waals surface area contributed by atoms with E-state index in [1.807, 2.05) is 0 Å². The summed E-state index contributed by atoms with van der Waals surface area (Å²) in [7, 11) is 2.12. The fraction of sp³-hybridized carbons (Fsp3) is 0.909. The second-order valence-corrected chi connectivity index (χ2v) is 5.03. The third-order valence-electron chi connectivity index (χ3n) is 3.73. The van der Waals surface area contributed by atoms with Crippen molar-refractivity contribution in [1.29, 1.82) is 0 Å². The van der Waals surface area contributed by atoms with Gasteiger partial charge in [-0.3, -0.25) is 4.79 Å². The zero-order chi connectivity index (χ0) is 10.9. The van der Waals surface area contributed by atoms with Crippen molar-refractivity contribution < 1.29 is 14.6 Å². The van der Waals surface area contributed by atoms with Gasteiger partial charge in [0, 0.05) is 0 Å². The predicted molar refractivity (Wildman–Crippen MR) is 55.7 cm³/mol. The lowest BCUT2D eigenvalue weighted by Crippen LogP contribution is -2.50. The Balaban J connectivity index is 1.88. The standard InChI is InChI=1S/C11H19NO3/c1-12-4-2-9(3-5-12)6-11(10(13)14)7-15-8-11/h9H,2-8H2,1H3,(H,13,14). The van der Waals surface area contributed by atoms with Gasteiger partial charge in [0.2, 0.25) is 0 Å². The van der Waals surface area contributed by atoms with E-state index in [2.05, 4.69) is 11.9 Å². The Labute approximate surface area is 90.2 Å². The predicted octanol–water partition coefficient (Wildman–Crippen LogP) is 0.819. The highest BCUT2D eigenvalue weighted by Gasteiger charge is 2.47. The normalized spacial score (nSPS) is 27.3. The van der Waals surface area contributed by atoms with Crippen LogP contribution in [0.2, 0.25) is 0 Å². The molecule has 0 aromatic heterocycles. The topological polar surface area (TPSA) is 49.8 Å². The van der Waals surface area contributed by atoms with Gasteiger partial charge in [0.1, 0.15) is 5.41 Å². The van der Waals surface area contributed by atoms with Crippen LogP contribution in [-0.4, -0.2) is 49.3 Å². The molecule has 0 unspecified atom stereocenters. The van der Waals surface area contributed by atoms with Gasteiger partial charge in [0.15, 0.2) is 0 Å². The number of ether oxygens (including phenoxy) is 1. The van der Waals surface area contributed by atoms with Crippen LogP contribution in [0.5, 0.6) is 0 Å². The van der Waals surface area contributed by atoms with Crippen LogP contribution in [0.1, 0.15) is 19.3 Å². The summed E-state index contributed by atoms with van der Waals surface area (Å²) < 4.78 is 5.07. The van der Waals surface area contributed by atoms with Crippen molar-refractivity contribution in [3.8, 4) is 0 Å². The summed E-state index contributed by atoms with van der Waals surface area (Å²) in [6.07, 6.45) is 3.06. The molecule has 0 saturated carbocycles. The molecule has 2 saturated heterocycles. The van der Waals surface area contributed by atoms with Crippen molar-refractivity contribution in [3.63, 3.8) is 0 Å². The first-order chi connectivity index (χ1) is 7.12. The minimum absolute atomic E-state index is 0.411. The molecule has 0 aromatic rings. The molecule has 2 aliphatic heterocycles. The number of hydrogen-bond acceptors (Lipinski definition) is 3. The molecule has 4 heteroatoms. The molecule has 2 rings (SSSR count). The summed E-state index contributed by atoms with van der Waals surface area (Å²) in [6.45, 7) is 3.02. The van der Waals surface area contributed by atoms with Crippen LogP contribution in [0.15, 0.2) is 0 Å². The van der Waals surface area contributed by atoms with Gasteiger partial charge in [-0.2, -0.15) is 0 Å². The third kappa shape index (κ3) is 2.16. The monoisotopic (exact) mass is 213 g/mol. The van der Waals surface area contributed by atoms with E-state index in [-0.39, 0.29) is 0 Å². The van der Waals surface area contributed by atoms with E-state index < -0.39 is 11.4 Å². The SMILES string of the molecule is CN1CCC(CC2(C(=O)O)COC2)CC1. The molecule has 0 aliphatic carbocycles. The van der Waals surface area contributed by atoms with Gasteiger partial charge in [-0.05, 0) is 45.3 Å². The van der Waals surface area contributed by atoms with Gasteiger partial charge < -0.3 is 14.7 Å². The molecule has 0 amide bonds. The molecule has 0 bridgehead atoms. The van der Waals surface area contributed by atoms with E-state index in [1.165, 1.54) is 0 Å². The Hall–Kier alpha value is -0.610. The highest BCUT2D eigenvalue weighted by atomic mass is 16.5. The molecular weight excluding hydrogens is 194 g/mol. The van der Waals surface area contributed by atoms with E-state index in [0.717, 1.165) is 32.4 Å². The molecule has 86 valence electrons. The summed E-state index contributed by atoms with van der Waals surface area (Å²) >= 11 is 0. The smallest absolute Gasteiger partial charge is 0.314 e. The molecular formula is C11H19NO3. The minimum atomic E-state index is -0.673. The first kappa shape index (κ1) is 10.9. The van der Waals surface area contributed by atoms with Crippen LogP contribution in [0.3, 0.4) is 0 Å². The number of likely N-dealkylation sites (tertiary alicyclic amines) is 1. The van der Waals surface area contributed by atoms with Crippen LogP contribution in [-0.2, 0) is 9.53 Å². The van der Waals surface area contributed by atoms with Gasteiger partial charge in [-0.1, -0.05) is 0 Å². The number of aliphatic carboxylic acids is 1. The lowest BCUT2D eigenvalue weighted by Gasteiger charge is -2.41. The number of carboxylic acids is 1. The number of carbonyl (C=O) groups is 1. The summed E-state index contributed by atoms with van der Waals surface area (Å²) in [5.41, 5.74) is -0.555.